The predicted octanol–water partition coefficient (Wildman–Crippen LogP) is 7.28. The summed E-state index contributed by atoms with van der Waals surface area (Å²) in [4.78, 5) is 28.4. The van der Waals surface area contributed by atoms with Gasteiger partial charge in [0.25, 0.3) is 0 Å². The Labute approximate surface area is 319 Å². The number of urea groups is 2. The number of hydrogen-bond acceptors (Lipinski definition) is 4. The van der Waals surface area contributed by atoms with Crippen LogP contribution in [0.15, 0.2) is 252 Å². The van der Waals surface area contributed by atoms with Crippen molar-refractivity contribution in [3.63, 3.8) is 0 Å². The molecule has 4 amide bonds. The lowest BCUT2D eigenvalue weighted by atomic mass is 10.4. The molecular formula is C48H16N4O4. The highest BCUT2D eigenvalue weighted by molar-refractivity contribution is 6.07. The number of nitrogens with zero attached hydrogens (tertiary/aromatic N) is 1. The minimum atomic E-state index is -0.732. The molecule has 0 bridgehead atoms. The Bertz CT molecular complexity index is 3230. The quantitative estimate of drug-likeness (QED) is 0.172. The van der Waals surface area contributed by atoms with Crippen LogP contribution in [0.4, 0.5) is 9.59 Å². The van der Waals surface area contributed by atoms with Gasteiger partial charge in [0.05, 0.1) is 25.6 Å². The van der Waals surface area contributed by atoms with Gasteiger partial charge in [0, 0.05) is 92.0 Å². The number of aliphatic imine (C=N–C) groups is 1. The van der Waals surface area contributed by atoms with Crippen molar-refractivity contribution in [1.82, 2.24) is 16.0 Å². The van der Waals surface area contributed by atoms with Gasteiger partial charge in [-0.15, -0.1) is 0 Å². The van der Waals surface area contributed by atoms with Crippen LogP contribution >= 0.6 is 0 Å². The molecule has 0 fully saturated rings. The summed E-state index contributed by atoms with van der Waals surface area (Å²) in [7, 11) is 0. The first-order chi connectivity index (χ1) is 27.7. The molecule has 2 aromatic heterocycles. The second kappa shape index (κ2) is 30.5. The van der Waals surface area contributed by atoms with E-state index in [0.717, 1.165) is 0 Å². The second-order valence-corrected chi connectivity index (χ2v) is 8.46. The lowest BCUT2D eigenvalue weighted by molar-refractivity contribution is 0.244. The molecular weight excluding hydrogens is 697 g/mol. The third kappa shape index (κ3) is 24.6. The molecule has 8 heteroatoms. The van der Waals surface area contributed by atoms with Crippen molar-refractivity contribution < 1.29 is 18.4 Å². The predicted molar refractivity (Wildman–Crippen MR) is 199 cm³/mol. The van der Waals surface area contributed by atoms with Gasteiger partial charge in [-0.25, -0.2) is 9.59 Å². The summed E-state index contributed by atoms with van der Waals surface area (Å²) in [6.07, 6.45) is 4.15. The van der Waals surface area contributed by atoms with Crippen LogP contribution < -0.4 is 16.0 Å². The molecule has 252 valence electrons. The van der Waals surface area contributed by atoms with Gasteiger partial charge in [-0.3, -0.25) is 5.32 Å². The Morgan fingerprint density at radius 2 is 0.857 bits per heavy atom. The first-order valence-electron chi connectivity index (χ1n) is 15.0. The zero-order valence-electron chi connectivity index (χ0n) is 28.7. The molecule has 56 heavy (non-hydrogen) atoms. The van der Waals surface area contributed by atoms with Crippen molar-refractivity contribution in [3.05, 3.63) is 250 Å². The van der Waals surface area contributed by atoms with E-state index in [4.69, 9.17) is 8.83 Å². The molecule has 8 nitrogen and oxygen atoms in total. The third-order valence-electron chi connectivity index (χ3n) is 4.71. The maximum atomic E-state index is 12.3. The van der Waals surface area contributed by atoms with Crippen LogP contribution in [0, 0.1) is 0 Å². The fourth-order valence-electron chi connectivity index (χ4n) is 2.65. The van der Waals surface area contributed by atoms with E-state index >= 15 is 0 Å². The number of carbonyl (C=O) groups excluding carboxylic acids is 2. The van der Waals surface area contributed by atoms with Gasteiger partial charge >= 0.3 is 12.1 Å². The molecule has 0 atom stereocenters. The molecule has 0 unspecified atom stereocenters. The summed E-state index contributed by atoms with van der Waals surface area (Å²) in [5, 5.41) is 7.55. The Morgan fingerprint density at radius 1 is 0.518 bits per heavy atom. The number of furan rings is 2. The number of amides is 4. The van der Waals surface area contributed by atoms with Crippen molar-refractivity contribution in [2.75, 3.05) is 0 Å². The van der Waals surface area contributed by atoms with Gasteiger partial charge in [0.15, 0.2) is 0 Å². The summed E-state index contributed by atoms with van der Waals surface area (Å²) in [5.74, 6) is 0.928. The maximum Gasteiger partial charge on any atom is 0.343 e. The summed E-state index contributed by atoms with van der Waals surface area (Å²) in [5.41, 5.74) is 82.1. The van der Waals surface area contributed by atoms with Gasteiger partial charge in [-0.1, -0.05) is 11.5 Å². The molecule has 0 aliphatic rings. The average molecular weight is 713 g/mol. The van der Waals surface area contributed by atoms with Crippen LogP contribution in [0.25, 0.3) is 0 Å². The highest BCUT2D eigenvalue weighted by atomic mass is 16.3. The Kier molecular flexibility index (Phi) is 22.7. The van der Waals surface area contributed by atoms with E-state index in [-0.39, 0.29) is 18.9 Å². The summed E-state index contributed by atoms with van der Waals surface area (Å²) in [6.45, 7) is 3.53. The number of carbonyl (C=O) groups is 2. The first-order valence-corrected chi connectivity index (χ1v) is 15.0. The zero-order chi connectivity index (χ0) is 39.8. The zero-order valence-corrected chi connectivity index (χ0v) is 28.7. The molecule has 0 saturated heterocycles. The van der Waals surface area contributed by atoms with E-state index in [1.807, 2.05) is 0 Å². The maximum absolute atomic E-state index is 12.3. The van der Waals surface area contributed by atoms with Gasteiger partial charge in [-0.05, 0) is 123 Å². The Balaban J connectivity index is 2.22. The normalized spacial score (nSPS) is 6.82. The highest BCUT2D eigenvalue weighted by Gasteiger charge is 2.07. The summed E-state index contributed by atoms with van der Waals surface area (Å²) >= 11 is 0. The topological polar surface area (TPSA) is 109 Å². The molecule has 0 aliphatic heterocycles. The monoisotopic (exact) mass is 712 g/mol. The molecule has 0 radical (unpaired) electrons. The first kappa shape index (κ1) is 41.6. The number of amidine groups is 1. The van der Waals surface area contributed by atoms with Gasteiger partial charge in [0.2, 0.25) is 0 Å². The fourth-order valence-corrected chi connectivity index (χ4v) is 2.65. The van der Waals surface area contributed by atoms with Crippen molar-refractivity contribution in [3.8, 4) is 0 Å². The number of hydrogen-bond donors (Lipinski definition) is 3. The van der Waals surface area contributed by atoms with E-state index < -0.39 is 12.1 Å². The van der Waals surface area contributed by atoms with Crippen LogP contribution in [0.2, 0.25) is 0 Å². The SMILES string of the molecule is C=C=C=C=C=C=C=C=C=C=C=C=C=C=C=C=C=C=C=C=C=C=C=C=C=C=C=C=C=C=C=C=C=C=CC(=NC(=O)NCc1ccco1)NC(=O)NCc1ccco1. The number of nitrogens with one attached hydrogen (secondary N) is 3. The van der Waals surface area contributed by atoms with Crippen molar-refractivity contribution >= 4 is 17.9 Å². The molecule has 0 saturated carbocycles. The van der Waals surface area contributed by atoms with Gasteiger partial charge in [0.1, 0.15) is 17.4 Å². The van der Waals surface area contributed by atoms with E-state index in [1.165, 1.54) is 18.6 Å². The van der Waals surface area contributed by atoms with E-state index in [1.54, 1.807) is 24.3 Å². The lowest BCUT2D eigenvalue weighted by Gasteiger charge is -2.06. The van der Waals surface area contributed by atoms with Crippen molar-refractivity contribution in [2.45, 2.75) is 13.1 Å². The molecule has 2 rings (SSSR count). The summed E-state index contributed by atoms with van der Waals surface area (Å²) in [6, 6.07) is 5.37. The van der Waals surface area contributed by atoms with Crippen LogP contribution in [-0.4, -0.2) is 17.9 Å². The Hall–Kier alpha value is -10.6. The molecule has 2 heterocycles. The third-order valence-corrected chi connectivity index (χ3v) is 4.71. The molecule has 0 aromatic carbocycles. The molecule has 2 aromatic rings. The molecule has 3 N–H and O–H groups in total. The lowest BCUT2D eigenvalue weighted by Crippen LogP contribution is -2.39. The van der Waals surface area contributed by atoms with Crippen LogP contribution in [-0.2, 0) is 13.1 Å². The van der Waals surface area contributed by atoms with Gasteiger partial charge in [-0.2, -0.15) is 4.99 Å². The van der Waals surface area contributed by atoms with E-state index in [2.05, 4.69) is 217 Å². The average Bonchev–Trinajstić information content (AvgIpc) is 3.93. The number of rotatable bonds is 5. The van der Waals surface area contributed by atoms with Gasteiger partial charge < -0.3 is 19.5 Å². The van der Waals surface area contributed by atoms with E-state index in [9.17, 15) is 9.59 Å². The Morgan fingerprint density at radius 3 is 1.20 bits per heavy atom. The van der Waals surface area contributed by atoms with Crippen LogP contribution in [0.5, 0.6) is 0 Å². The second-order valence-electron chi connectivity index (χ2n) is 8.46. The van der Waals surface area contributed by atoms with Crippen LogP contribution in [0.3, 0.4) is 0 Å². The van der Waals surface area contributed by atoms with Crippen molar-refractivity contribution in [2.24, 2.45) is 4.99 Å². The van der Waals surface area contributed by atoms with Crippen LogP contribution in [0.1, 0.15) is 11.5 Å². The largest absolute Gasteiger partial charge is 0.467 e. The van der Waals surface area contributed by atoms with E-state index in [0.29, 0.717) is 11.5 Å². The highest BCUT2D eigenvalue weighted by Crippen LogP contribution is 1.99. The fraction of sp³-hybridized carbons (Fsp3) is 0.0417. The molecule has 0 aliphatic carbocycles. The summed E-state index contributed by atoms with van der Waals surface area (Å²) < 4.78 is 10.3. The molecule has 0 spiro atoms. The standard InChI is InChI=1S/C48H16N4O4/c1-2-3-4-5-6-7-8-9-10-11-12-13-14-15-16-17-18-19-20-21-22-23-24-25-26-27-28-29-30-31-32-33-34-39-46(51-47(53)49-42-44-37-35-40-55-44)52-48(54)50-43-45-38-36-41-56-45/h35-41H,1,42-43H2,(H3,49,50,51,52,53,54). The minimum Gasteiger partial charge on any atom is -0.467 e. The smallest absolute Gasteiger partial charge is 0.343 e. The minimum absolute atomic E-state index is 0.100. The van der Waals surface area contributed by atoms with Crippen molar-refractivity contribution in [1.29, 1.82) is 0 Å².